The Labute approximate surface area is 227 Å². The number of unbranched alkanes of at least 4 members (excludes halogenated alkanes) is 3. The summed E-state index contributed by atoms with van der Waals surface area (Å²) in [6.07, 6.45) is 12.6. The Morgan fingerprint density at radius 3 is 2.26 bits per heavy atom. The molecule has 0 aliphatic carbocycles. The lowest BCUT2D eigenvalue weighted by Crippen LogP contribution is -2.12. The van der Waals surface area contributed by atoms with Crippen molar-refractivity contribution >= 4 is 23.1 Å². The Bertz CT molecular complexity index is 1230. The number of rotatable bonds is 9. The summed E-state index contributed by atoms with van der Waals surface area (Å²) >= 11 is 0. The maximum Gasteiger partial charge on any atom is 0.256 e. The van der Waals surface area contributed by atoms with Crippen LogP contribution >= 0.6 is 0 Å². The minimum Gasteiger partial charge on any atom is -0.382 e. The van der Waals surface area contributed by atoms with E-state index in [1.165, 1.54) is 32.1 Å². The second kappa shape index (κ2) is 16.2. The smallest absolute Gasteiger partial charge is 0.256 e. The third-order valence-electron chi connectivity index (χ3n) is 6.12. The average Bonchev–Trinajstić information content (AvgIpc) is 3.36. The van der Waals surface area contributed by atoms with Gasteiger partial charge in [-0.1, -0.05) is 91.8 Å². The van der Waals surface area contributed by atoms with Crippen LogP contribution in [0.2, 0.25) is 0 Å². The fourth-order valence-electron chi connectivity index (χ4n) is 3.87. The molecule has 204 valence electrons. The van der Waals surface area contributed by atoms with E-state index in [-0.39, 0.29) is 5.91 Å². The van der Waals surface area contributed by atoms with Gasteiger partial charge in [-0.3, -0.25) is 9.20 Å². The van der Waals surface area contributed by atoms with E-state index < -0.39 is 0 Å². The summed E-state index contributed by atoms with van der Waals surface area (Å²) in [5, 5.41) is 2.80. The summed E-state index contributed by atoms with van der Waals surface area (Å²) in [5.41, 5.74) is 9.27. The molecule has 0 bridgehead atoms. The van der Waals surface area contributed by atoms with Gasteiger partial charge in [0.2, 0.25) is 0 Å². The summed E-state index contributed by atoms with van der Waals surface area (Å²) < 4.78 is 2.05. The van der Waals surface area contributed by atoms with Gasteiger partial charge in [0.05, 0.1) is 0 Å². The van der Waals surface area contributed by atoms with E-state index in [0.717, 1.165) is 29.0 Å². The van der Waals surface area contributed by atoms with Gasteiger partial charge in [-0.2, -0.15) is 0 Å². The number of hydrogen-bond donors (Lipinski definition) is 2. The van der Waals surface area contributed by atoms with Crippen LogP contribution in [0.5, 0.6) is 0 Å². The molecule has 0 saturated heterocycles. The van der Waals surface area contributed by atoms with Crippen molar-refractivity contribution in [3.8, 4) is 11.3 Å². The highest BCUT2D eigenvalue weighted by Gasteiger charge is 2.20. The number of fused-ring (bicyclic) bond motifs is 1. The lowest BCUT2D eigenvalue weighted by Gasteiger charge is -2.10. The topological polar surface area (TPSA) is 98.2 Å². The first-order valence-electron chi connectivity index (χ1n) is 13.9. The Hall–Kier alpha value is -3.74. The predicted octanol–water partition coefficient (Wildman–Crippen LogP) is 8.14. The van der Waals surface area contributed by atoms with E-state index in [4.69, 9.17) is 10.7 Å². The molecule has 7 heteroatoms. The highest BCUT2D eigenvalue weighted by Crippen LogP contribution is 2.32. The number of nitrogens with one attached hydrogen (secondary N) is 1. The van der Waals surface area contributed by atoms with Crippen molar-refractivity contribution < 1.29 is 4.79 Å². The molecule has 0 saturated carbocycles. The van der Waals surface area contributed by atoms with E-state index in [1.54, 1.807) is 36.7 Å². The molecule has 1 aromatic carbocycles. The van der Waals surface area contributed by atoms with E-state index in [0.29, 0.717) is 23.1 Å². The minimum atomic E-state index is -0.212. The number of aromatic nitrogens is 4. The first-order chi connectivity index (χ1) is 18.5. The van der Waals surface area contributed by atoms with Crippen LogP contribution < -0.4 is 11.1 Å². The van der Waals surface area contributed by atoms with Crippen LogP contribution in [-0.2, 0) is 0 Å². The molecule has 0 spiro atoms. The van der Waals surface area contributed by atoms with Crippen LogP contribution in [0.4, 0.5) is 11.6 Å². The maximum absolute atomic E-state index is 12.5. The summed E-state index contributed by atoms with van der Waals surface area (Å²) in [7, 11) is 0. The van der Waals surface area contributed by atoms with Crippen LogP contribution in [-0.4, -0.2) is 25.3 Å². The number of nitrogens with two attached hydrogens (primary N) is 1. The van der Waals surface area contributed by atoms with Crippen LogP contribution in [0.1, 0.15) is 102 Å². The van der Waals surface area contributed by atoms with Crippen molar-refractivity contribution in [3.05, 3.63) is 72.4 Å². The summed E-state index contributed by atoms with van der Waals surface area (Å²) in [6, 6.07) is 12.8. The highest BCUT2D eigenvalue weighted by molar-refractivity contribution is 6.04. The molecule has 0 fully saturated rings. The average molecular weight is 517 g/mol. The number of imidazole rings is 1. The Morgan fingerprint density at radius 2 is 1.66 bits per heavy atom. The number of carbonyl (C=O) groups excluding carboxylic acids is 1. The third kappa shape index (κ3) is 8.13. The number of carbonyl (C=O) groups is 1. The molecule has 0 aliphatic heterocycles. The van der Waals surface area contributed by atoms with E-state index in [2.05, 4.69) is 47.4 Å². The van der Waals surface area contributed by atoms with Crippen molar-refractivity contribution in [2.24, 2.45) is 0 Å². The van der Waals surface area contributed by atoms with Crippen LogP contribution in [0.3, 0.4) is 0 Å². The van der Waals surface area contributed by atoms with Gasteiger partial charge in [-0.25, -0.2) is 15.0 Å². The standard InChI is InChI=1S/C25H28N6O.C4H10.C2H6/c1-3-4-5-8-17(2)24-30-21(22-23(26)28-15-16-31(22)24)18-10-12-19(13-11-18)25(32)29-20-9-6-7-14-27-20;1-3-4-2;1-2/h6-7,9-17H,3-5,8H2,1-2H3,(H2,26,28)(H,27,29,32);3-4H2,1-2H3;1-2H3. The van der Waals surface area contributed by atoms with Gasteiger partial charge < -0.3 is 11.1 Å². The van der Waals surface area contributed by atoms with Crippen molar-refractivity contribution in [3.63, 3.8) is 0 Å². The zero-order chi connectivity index (χ0) is 27.9. The van der Waals surface area contributed by atoms with Gasteiger partial charge in [0, 0.05) is 35.6 Å². The highest BCUT2D eigenvalue weighted by atomic mass is 16.1. The van der Waals surface area contributed by atoms with E-state index in [1.807, 2.05) is 38.2 Å². The third-order valence-corrected chi connectivity index (χ3v) is 6.12. The molecular formula is C31H44N6O. The molecule has 38 heavy (non-hydrogen) atoms. The zero-order valence-electron chi connectivity index (χ0n) is 23.9. The molecule has 4 rings (SSSR count). The number of anilines is 2. The number of amides is 1. The van der Waals surface area contributed by atoms with Gasteiger partial charge in [0.1, 0.15) is 28.7 Å². The van der Waals surface area contributed by atoms with E-state index in [9.17, 15) is 4.79 Å². The molecule has 3 aromatic heterocycles. The van der Waals surface area contributed by atoms with E-state index >= 15 is 0 Å². The molecule has 4 aromatic rings. The molecule has 1 unspecified atom stereocenters. The SMILES string of the molecule is CC.CCCC.CCCCCC(C)c1nc(-c2ccc(C(=O)Nc3ccccn3)cc2)c2c(N)nccn12. The molecule has 0 radical (unpaired) electrons. The summed E-state index contributed by atoms with van der Waals surface area (Å²) in [6.45, 7) is 12.8. The lowest BCUT2D eigenvalue weighted by atomic mass is 10.0. The number of nitrogen functional groups attached to an aromatic ring is 1. The molecule has 3 heterocycles. The zero-order valence-corrected chi connectivity index (χ0v) is 23.9. The number of nitrogens with zero attached hydrogens (tertiary/aromatic N) is 4. The van der Waals surface area contributed by atoms with Crippen molar-refractivity contribution in [1.82, 2.24) is 19.4 Å². The predicted molar refractivity (Wildman–Crippen MR) is 160 cm³/mol. The fraction of sp³-hybridized carbons (Fsp3) is 0.419. The van der Waals surface area contributed by atoms with Crippen LogP contribution in [0.25, 0.3) is 16.8 Å². The molecule has 3 N–H and O–H groups in total. The van der Waals surface area contributed by atoms with Crippen LogP contribution in [0, 0.1) is 0 Å². The Balaban J connectivity index is 0.000000773. The van der Waals surface area contributed by atoms with Gasteiger partial charge in [0.15, 0.2) is 0 Å². The largest absolute Gasteiger partial charge is 0.382 e. The second-order valence-electron chi connectivity index (χ2n) is 8.99. The van der Waals surface area contributed by atoms with Gasteiger partial charge >= 0.3 is 0 Å². The normalized spacial score (nSPS) is 11.1. The fourth-order valence-corrected chi connectivity index (χ4v) is 3.87. The molecular weight excluding hydrogens is 472 g/mol. The van der Waals surface area contributed by atoms with Crippen molar-refractivity contribution in [2.45, 2.75) is 86.0 Å². The van der Waals surface area contributed by atoms with Gasteiger partial charge in [-0.05, 0) is 30.7 Å². The Morgan fingerprint density at radius 1 is 0.947 bits per heavy atom. The van der Waals surface area contributed by atoms with Crippen LogP contribution in [0.15, 0.2) is 61.1 Å². The lowest BCUT2D eigenvalue weighted by molar-refractivity contribution is 0.102. The minimum absolute atomic E-state index is 0.212. The monoisotopic (exact) mass is 516 g/mol. The van der Waals surface area contributed by atoms with Crippen molar-refractivity contribution in [2.75, 3.05) is 11.1 Å². The maximum atomic E-state index is 12.5. The molecule has 1 atom stereocenters. The van der Waals surface area contributed by atoms with Crippen molar-refractivity contribution in [1.29, 1.82) is 0 Å². The van der Waals surface area contributed by atoms with Gasteiger partial charge in [0.25, 0.3) is 5.91 Å². The number of benzene rings is 1. The number of hydrogen-bond acceptors (Lipinski definition) is 5. The first kappa shape index (κ1) is 30.5. The molecule has 1 amide bonds. The Kier molecular flexibility index (Phi) is 13.0. The first-order valence-corrected chi connectivity index (χ1v) is 13.9. The summed E-state index contributed by atoms with van der Waals surface area (Å²) in [5.74, 6) is 2.03. The quantitative estimate of drug-likeness (QED) is 0.219. The molecule has 7 nitrogen and oxygen atoms in total. The second-order valence-corrected chi connectivity index (χ2v) is 8.99. The number of pyridine rings is 1. The van der Waals surface area contributed by atoms with Gasteiger partial charge in [-0.15, -0.1) is 0 Å². The molecule has 0 aliphatic rings. The summed E-state index contributed by atoms with van der Waals surface area (Å²) in [4.78, 5) is 25.9.